The van der Waals surface area contributed by atoms with Crippen LogP contribution in [0.15, 0.2) is 48.1 Å². The lowest BCUT2D eigenvalue weighted by molar-refractivity contribution is 0.0683. The lowest BCUT2D eigenvalue weighted by Crippen LogP contribution is -2.47. The molecule has 7 heteroatoms. The van der Waals surface area contributed by atoms with Gasteiger partial charge < -0.3 is 10.2 Å². The number of hydrogen-bond acceptors (Lipinski definition) is 5. The first kappa shape index (κ1) is 17.9. The number of hydrogen-bond donors (Lipinski definition) is 1. The fourth-order valence-electron chi connectivity index (χ4n) is 3.46. The van der Waals surface area contributed by atoms with Crippen molar-refractivity contribution in [3.8, 4) is 16.3 Å². The second-order valence-corrected chi connectivity index (χ2v) is 7.85. The summed E-state index contributed by atoms with van der Waals surface area (Å²) < 4.78 is 1.82. The standard InChI is InChI=1S/C20H23N5OS/c1-14-10-17(8-9-21-14)24(2)20(26)18-13-27-19(23-18)15-11-22-25(12-15)16-6-4-3-5-7-16/h3-7,11-14,17,21H,8-10H2,1-2H3/t14-,17?/m0/s1. The third kappa shape index (κ3) is 3.79. The van der Waals surface area contributed by atoms with Gasteiger partial charge in [-0.1, -0.05) is 18.2 Å². The molecule has 2 aromatic heterocycles. The first-order valence-electron chi connectivity index (χ1n) is 9.18. The molecule has 0 bridgehead atoms. The van der Waals surface area contributed by atoms with Gasteiger partial charge in [-0.15, -0.1) is 11.3 Å². The fourth-order valence-corrected chi connectivity index (χ4v) is 4.23. The number of piperidine rings is 1. The van der Waals surface area contributed by atoms with E-state index in [4.69, 9.17) is 0 Å². The van der Waals surface area contributed by atoms with Crippen molar-refractivity contribution in [2.24, 2.45) is 0 Å². The molecule has 1 aliphatic heterocycles. The third-order valence-electron chi connectivity index (χ3n) is 5.04. The van der Waals surface area contributed by atoms with Crippen LogP contribution in [0.5, 0.6) is 0 Å². The third-order valence-corrected chi connectivity index (χ3v) is 5.93. The molecule has 0 radical (unpaired) electrons. The Morgan fingerprint density at radius 1 is 1.33 bits per heavy atom. The van der Waals surface area contributed by atoms with Crippen molar-refractivity contribution in [3.63, 3.8) is 0 Å². The van der Waals surface area contributed by atoms with Crippen LogP contribution in [0.4, 0.5) is 0 Å². The predicted molar refractivity (Wildman–Crippen MR) is 107 cm³/mol. The van der Waals surface area contributed by atoms with E-state index in [1.54, 1.807) is 6.20 Å². The zero-order valence-corrected chi connectivity index (χ0v) is 16.3. The van der Waals surface area contributed by atoms with Crippen molar-refractivity contribution in [3.05, 3.63) is 53.8 Å². The van der Waals surface area contributed by atoms with E-state index in [2.05, 4.69) is 22.3 Å². The van der Waals surface area contributed by atoms with Crippen LogP contribution in [0.1, 0.15) is 30.3 Å². The number of nitrogens with one attached hydrogen (secondary N) is 1. The maximum atomic E-state index is 12.9. The topological polar surface area (TPSA) is 63.1 Å². The molecule has 0 spiro atoms. The van der Waals surface area contributed by atoms with Crippen LogP contribution in [0.3, 0.4) is 0 Å². The van der Waals surface area contributed by atoms with Crippen molar-refractivity contribution in [1.82, 2.24) is 25.0 Å². The van der Waals surface area contributed by atoms with Gasteiger partial charge in [-0.2, -0.15) is 5.10 Å². The molecule has 140 valence electrons. The molecule has 1 N–H and O–H groups in total. The van der Waals surface area contributed by atoms with Crippen LogP contribution in [-0.2, 0) is 0 Å². The highest BCUT2D eigenvalue weighted by Gasteiger charge is 2.27. The van der Waals surface area contributed by atoms with E-state index in [-0.39, 0.29) is 11.9 Å². The molecule has 0 aliphatic carbocycles. The lowest BCUT2D eigenvalue weighted by atomic mass is 9.99. The Kier molecular flexibility index (Phi) is 5.05. The first-order valence-corrected chi connectivity index (χ1v) is 10.1. The molecular weight excluding hydrogens is 358 g/mol. The molecule has 6 nitrogen and oxygen atoms in total. The quantitative estimate of drug-likeness (QED) is 0.754. The first-order chi connectivity index (χ1) is 13.1. The van der Waals surface area contributed by atoms with E-state index >= 15 is 0 Å². The minimum absolute atomic E-state index is 0.00736. The summed E-state index contributed by atoms with van der Waals surface area (Å²) in [5.41, 5.74) is 2.42. The summed E-state index contributed by atoms with van der Waals surface area (Å²) >= 11 is 1.48. The molecule has 1 saturated heterocycles. The number of nitrogens with zero attached hydrogens (tertiary/aromatic N) is 4. The van der Waals surface area contributed by atoms with E-state index < -0.39 is 0 Å². The smallest absolute Gasteiger partial charge is 0.273 e. The van der Waals surface area contributed by atoms with E-state index in [1.165, 1.54) is 11.3 Å². The van der Waals surface area contributed by atoms with E-state index in [0.29, 0.717) is 11.7 Å². The summed E-state index contributed by atoms with van der Waals surface area (Å²) in [5.74, 6) is -0.00736. The van der Waals surface area contributed by atoms with Gasteiger partial charge in [0.2, 0.25) is 0 Å². The van der Waals surface area contributed by atoms with Crippen LogP contribution >= 0.6 is 11.3 Å². The SMILES string of the molecule is C[C@H]1CC(N(C)C(=O)c2csc(-c3cnn(-c4ccccc4)c3)n2)CCN1. The Hall–Kier alpha value is -2.51. The maximum absolute atomic E-state index is 12.9. The molecule has 1 unspecified atom stereocenters. The number of rotatable bonds is 4. The van der Waals surface area contributed by atoms with Crippen molar-refractivity contribution < 1.29 is 4.79 Å². The zero-order valence-electron chi connectivity index (χ0n) is 15.5. The second kappa shape index (κ2) is 7.62. The van der Waals surface area contributed by atoms with Crippen LogP contribution in [0, 0.1) is 0 Å². The van der Waals surface area contributed by atoms with Crippen LogP contribution in [0.2, 0.25) is 0 Å². The number of carbonyl (C=O) groups is 1. The van der Waals surface area contributed by atoms with Gasteiger partial charge in [0.05, 0.1) is 11.9 Å². The summed E-state index contributed by atoms with van der Waals surface area (Å²) in [7, 11) is 1.89. The molecule has 2 atom stereocenters. The van der Waals surface area contributed by atoms with Crippen molar-refractivity contribution >= 4 is 17.2 Å². The minimum Gasteiger partial charge on any atom is -0.337 e. The zero-order chi connectivity index (χ0) is 18.8. The van der Waals surface area contributed by atoms with Gasteiger partial charge in [0, 0.05) is 36.3 Å². The molecule has 1 aliphatic rings. The lowest BCUT2D eigenvalue weighted by Gasteiger charge is -2.34. The predicted octanol–water partition coefficient (Wildman–Crippen LogP) is 3.21. The molecule has 1 fully saturated rings. The van der Waals surface area contributed by atoms with E-state index in [9.17, 15) is 4.79 Å². The van der Waals surface area contributed by atoms with Gasteiger partial charge in [0.25, 0.3) is 5.91 Å². The molecule has 3 heterocycles. The highest BCUT2D eigenvalue weighted by atomic mass is 32.1. The van der Waals surface area contributed by atoms with Gasteiger partial charge in [0.1, 0.15) is 10.7 Å². The number of amides is 1. The molecule has 4 rings (SSSR count). The van der Waals surface area contributed by atoms with Gasteiger partial charge in [-0.3, -0.25) is 4.79 Å². The summed E-state index contributed by atoms with van der Waals surface area (Å²) in [6.07, 6.45) is 5.69. The van der Waals surface area contributed by atoms with E-state index in [1.807, 2.05) is 58.5 Å². The molecule has 0 saturated carbocycles. The summed E-state index contributed by atoms with van der Waals surface area (Å²) in [4.78, 5) is 19.3. The largest absolute Gasteiger partial charge is 0.337 e. The Balaban J connectivity index is 1.50. The minimum atomic E-state index is -0.00736. The van der Waals surface area contributed by atoms with Gasteiger partial charge in [0.15, 0.2) is 0 Å². The summed E-state index contributed by atoms with van der Waals surface area (Å²) in [6.45, 7) is 3.11. The van der Waals surface area contributed by atoms with Gasteiger partial charge in [-0.05, 0) is 38.4 Å². The van der Waals surface area contributed by atoms with Crippen molar-refractivity contribution in [2.45, 2.75) is 31.8 Å². The Bertz CT molecular complexity index is 919. The van der Waals surface area contributed by atoms with Gasteiger partial charge in [-0.25, -0.2) is 9.67 Å². The fraction of sp³-hybridized carbons (Fsp3) is 0.350. The van der Waals surface area contributed by atoms with Crippen LogP contribution in [0.25, 0.3) is 16.3 Å². The molecule has 27 heavy (non-hydrogen) atoms. The molecule has 1 amide bonds. The average Bonchev–Trinajstić information content (AvgIpc) is 3.37. The van der Waals surface area contributed by atoms with Crippen LogP contribution < -0.4 is 5.32 Å². The average molecular weight is 382 g/mol. The number of carbonyl (C=O) groups excluding carboxylic acids is 1. The second-order valence-electron chi connectivity index (χ2n) is 7.00. The van der Waals surface area contributed by atoms with Crippen molar-refractivity contribution in [1.29, 1.82) is 0 Å². The highest BCUT2D eigenvalue weighted by molar-refractivity contribution is 7.13. The molecule has 3 aromatic rings. The number of thiazole rings is 1. The van der Waals surface area contributed by atoms with Gasteiger partial charge >= 0.3 is 0 Å². The maximum Gasteiger partial charge on any atom is 0.273 e. The molecular formula is C20H23N5OS. The monoisotopic (exact) mass is 381 g/mol. The number of aromatic nitrogens is 3. The summed E-state index contributed by atoms with van der Waals surface area (Å²) in [5, 5.41) is 10.5. The summed E-state index contributed by atoms with van der Waals surface area (Å²) in [6, 6.07) is 10.6. The number of benzene rings is 1. The Morgan fingerprint density at radius 3 is 2.93 bits per heavy atom. The highest BCUT2D eigenvalue weighted by Crippen LogP contribution is 2.25. The van der Waals surface area contributed by atoms with Crippen molar-refractivity contribution in [2.75, 3.05) is 13.6 Å². The van der Waals surface area contributed by atoms with E-state index in [0.717, 1.165) is 35.6 Å². The number of para-hydroxylation sites is 1. The van der Waals surface area contributed by atoms with Crippen LogP contribution in [-0.4, -0.2) is 51.2 Å². The molecule has 1 aromatic carbocycles. The normalized spacial score (nSPS) is 19.8. The Labute approximate surface area is 162 Å². The Morgan fingerprint density at radius 2 is 2.15 bits per heavy atom.